The largest absolute Gasteiger partial charge is 0.405 e. The van der Waals surface area contributed by atoms with E-state index in [4.69, 9.17) is 4.74 Å². The van der Waals surface area contributed by atoms with E-state index in [1.807, 2.05) is 44.2 Å². The van der Waals surface area contributed by atoms with Gasteiger partial charge >= 0.3 is 6.18 Å². The smallest absolute Gasteiger partial charge is 0.390 e. The number of amides is 1. The zero-order valence-corrected chi connectivity index (χ0v) is 18.6. The molecule has 4 rings (SSSR count). The Morgan fingerprint density at radius 3 is 2.68 bits per heavy atom. The Hall–Kier alpha value is -3.25. The summed E-state index contributed by atoms with van der Waals surface area (Å²) in [6.07, 6.45) is -6.66. The number of aromatic nitrogens is 4. The second-order valence-corrected chi connectivity index (χ2v) is 8.40. The zero-order chi connectivity index (χ0) is 24.5. The number of aliphatic hydroxyl groups excluding tert-OH is 1. The minimum absolute atomic E-state index is 0.000932. The highest BCUT2D eigenvalue weighted by molar-refractivity contribution is 5.83. The lowest BCUT2D eigenvalue weighted by Crippen LogP contribution is -2.43. The van der Waals surface area contributed by atoms with Crippen molar-refractivity contribution in [3.8, 4) is 0 Å². The summed E-state index contributed by atoms with van der Waals surface area (Å²) in [5.74, 6) is 0.0533. The molecule has 0 aliphatic carbocycles. The van der Waals surface area contributed by atoms with E-state index in [1.165, 1.54) is 6.33 Å². The minimum atomic E-state index is -4.56. The third kappa shape index (κ3) is 5.28. The number of alkyl halides is 3. The van der Waals surface area contributed by atoms with Gasteiger partial charge in [0.2, 0.25) is 0 Å². The van der Waals surface area contributed by atoms with Crippen molar-refractivity contribution in [3.05, 3.63) is 48.0 Å². The van der Waals surface area contributed by atoms with Gasteiger partial charge in [-0.3, -0.25) is 9.36 Å². The lowest BCUT2D eigenvalue weighted by molar-refractivity contribution is -0.149. The van der Waals surface area contributed by atoms with Gasteiger partial charge in [0.1, 0.15) is 18.6 Å². The minimum Gasteiger partial charge on any atom is -0.390 e. The molecule has 1 aliphatic heterocycles. The number of halogens is 3. The SMILES string of the molecule is CC(C)c1nc(NCc2ccccc2)c2ncn([C@H]3C[C@H](O)[C@@H](C(=O)NCC(F)(F)F)O3)c2n1. The molecule has 3 N–H and O–H groups in total. The molecule has 1 aromatic carbocycles. The number of rotatable bonds is 7. The van der Waals surface area contributed by atoms with Crippen LogP contribution in [0.4, 0.5) is 19.0 Å². The molecule has 1 fully saturated rings. The molecule has 1 amide bonds. The fourth-order valence-corrected chi connectivity index (χ4v) is 3.66. The molecule has 0 bridgehead atoms. The molecule has 182 valence electrons. The first-order valence-corrected chi connectivity index (χ1v) is 10.8. The Balaban J connectivity index is 1.58. The Bertz CT molecular complexity index is 1150. The normalized spacial score (nSPS) is 20.7. The molecule has 9 nitrogen and oxygen atoms in total. The van der Waals surface area contributed by atoms with Gasteiger partial charge < -0.3 is 20.5 Å². The molecule has 2 aromatic heterocycles. The quantitative estimate of drug-likeness (QED) is 0.479. The average molecular weight is 478 g/mol. The van der Waals surface area contributed by atoms with E-state index in [1.54, 1.807) is 9.88 Å². The van der Waals surface area contributed by atoms with Crippen LogP contribution in [0.1, 0.15) is 43.8 Å². The van der Waals surface area contributed by atoms with Crippen LogP contribution in [0, 0.1) is 0 Å². The average Bonchev–Trinajstić information content (AvgIpc) is 3.39. The number of fused-ring (bicyclic) bond motifs is 1. The summed E-state index contributed by atoms with van der Waals surface area (Å²) in [6.45, 7) is 2.90. The second kappa shape index (κ2) is 9.55. The van der Waals surface area contributed by atoms with Gasteiger partial charge in [-0.25, -0.2) is 15.0 Å². The highest BCUT2D eigenvalue weighted by Gasteiger charge is 2.41. The maximum Gasteiger partial charge on any atom is 0.405 e. The Labute approximate surface area is 193 Å². The molecule has 3 atom stereocenters. The number of hydrogen-bond acceptors (Lipinski definition) is 7. The standard InChI is InChI=1S/C22H25F3N6O3/c1-12(2)18-29-19(26-9-13-6-4-3-5-7-13)16-20(30-18)31(11-28-16)15-8-14(32)17(34-15)21(33)27-10-22(23,24)25/h3-7,11-12,14-15,17,32H,8-10H2,1-2H3,(H,27,33)(H,26,29,30)/t14-,15+,17-/m0/s1. The Morgan fingerprint density at radius 2 is 2.00 bits per heavy atom. The van der Waals surface area contributed by atoms with E-state index in [2.05, 4.69) is 20.3 Å². The summed E-state index contributed by atoms with van der Waals surface area (Å²) >= 11 is 0. The van der Waals surface area contributed by atoms with Crippen LogP contribution in [0.3, 0.4) is 0 Å². The van der Waals surface area contributed by atoms with Gasteiger partial charge in [-0.1, -0.05) is 44.2 Å². The number of nitrogens with zero attached hydrogens (tertiary/aromatic N) is 4. The summed E-state index contributed by atoms with van der Waals surface area (Å²) in [7, 11) is 0. The van der Waals surface area contributed by atoms with E-state index in [9.17, 15) is 23.1 Å². The fourth-order valence-electron chi connectivity index (χ4n) is 3.66. The lowest BCUT2D eigenvalue weighted by Gasteiger charge is -2.17. The molecule has 1 aliphatic rings. The van der Waals surface area contributed by atoms with Gasteiger partial charge in [-0.15, -0.1) is 0 Å². The van der Waals surface area contributed by atoms with Crippen molar-refractivity contribution in [2.24, 2.45) is 0 Å². The zero-order valence-electron chi connectivity index (χ0n) is 18.6. The summed E-state index contributed by atoms with van der Waals surface area (Å²) < 4.78 is 44.5. The first kappa shape index (κ1) is 23.9. The first-order valence-electron chi connectivity index (χ1n) is 10.8. The molecule has 0 unspecified atom stereocenters. The van der Waals surface area contributed by atoms with Crippen molar-refractivity contribution in [1.82, 2.24) is 24.8 Å². The van der Waals surface area contributed by atoms with Gasteiger partial charge in [0.05, 0.1) is 12.4 Å². The van der Waals surface area contributed by atoms with Gasteiger partial charge in [0.25, 0.3) is 5.91 Å². The molecule has 0 radical (unpaired) electrons. The molecule has 34 heavy (non-hydrogen) atoms. The molecule has 0 spiro atoms. The van der Waals surface area contributed by atoms with Crippen LogP contribution in [-0.4, -0.2) is 55.5 Å². The number of nitrogens with one attached hydrogen (secondary N) is 2. The number of benzene rings is 1. The highest BCUT2D eigenvalue weighted by Crippen LogP contribution is 2.33. The van der Waals surface area contributed by atoms with E-state index >= 15 is 0 Å². The number of carbonyl (C=O) groups excluding carboxylic acids is 1. The van der Waals surface area contributed by atoms with Crippen molar-refractivity contribution in [1.29, 1.82) is 0 Å². The molecule has 0 saturated carbocycles. The summed E-state index contributed by atoms with van der Waals surface area (Å²) in [5.41, 5.74) is 1.96. The van der Waals surface area contributed by atoms with E-state index < -0.39 is 37.1 Å². The van der Waals surface area contributed by atoms with Crippen LogP contribution in [-0.2, 0) is 16.1 Å². The van der Waals surface area contributed by atoms with Crippen molar-refractivity contribution >= 4 is 22.9 Å². The number of hydrogen-bond donors (Lipinski definition) is 3. The monoisotopic (exact) mass is 478 g/mol. The molecular weight excluding hydrogens is 453 g/mol. The molecule has 3 heterocycles. The van der Waals surface area contributed by atoms with E-state index in [-0.39, 0.29) is 12.3 Å². The molecule has 1 saturated heterocycles. The summed E-state index contributed by atoms with van der Waals surface area (Å²) in [4.78, 5) is 25.7. The van der Waals surface area contributed by atoms with Crippen LogP contribution in [0.2, 0.25) is 0 Å². The van der Waals surface area contributed by atoms with Crippen molar-refractivity contribution in [3.63, 3.8) is 0 Å². The predicted octanol–water partition coefficient (Wildman–Crippen LogP) is 2.89. The summed E-state index contributed by atoms with van der Waals surface area (Å²) in [6, 6.07) is 9.75. The molecule has 3 aromatic rings. The third-order valence-corrected chi connectivity index (χ3v) is 5.39. The molecular formula is C22H25F3N6O3. The topological polar surface area (TPSA) is 114 Å². The Morgan fingerprint density at radius 1 is 1.26 bits per heavy atom. The van der Waals surface area contributed by atoms with Crippen LogP contribution in [0.5, 0.6) is 0 Å². The van der Waals surface area contributed by atoms with Gasteiger partial charge in [0, 0.05) is 18.9 Å². The third-order valence-electron chi connectivity index (χ3n) is 5.39. The highest BCUT2D eigenvalue weighted by atomic mass is 19.4. The number of carbonyl (C=O) groups is 1. The van der Waals surface area contributed by atoms with Crippen molar-refractivity contribution < 1.29 is 27.8 Å². The van der Waals surface area contributed by atoms with Gasteiger partial charge in [-0.2, -0.15) is 13.2 Å². The van der Waals surface area contributed by atoms with Gasteiger partial charge in [-0.05, 0) is 5.56 Å². The second-order valence-electron chi connectivity index (χ2n) is 8.40. The van der Waals surface area contributed by atoms with Crippen LogP contribution >= 0.6 is 0 Å². The van der Waals surface area contributed by atoms with Crippen LogP contribution in [0.25, 0.3) is 11.2 Å². The Kier molecular flexibility index (Phi) is 6.71. The maximum absolute atomic E-state index is 12.4. The lowest BCUT2D eigenvalue weighted by atomic mass is 10.1. The van der Waals surface area contributed by atoms with Crippen LogP contribution in [0.15, 0.2) is 36.7 Å². The number of ether oxygens (including phenoxy) is 1. The van der Waals surface area contributed by atoms with Gasteiger partial charge in [0.15, 0.2) is 23.1 Å². The predicted molar refractivity (Wildman–Crippen MR) is 117 cm³/mol. The fraction of sp³-hybridized carbons (Fsp3) is 0.455. The number of aliphatic hydroxyl groups is 1. The van der Waals surface area contributed by atoms with Crippen molar-refractivity contribution in [2.75, 3.05) is 11.9 Å². The van der Waals surface area contributed by atoms with E-state index in [0.717, 1.165) is 5.56 Å². The summed E-state index contributed by atoms with van der Waals surface area (Å²) in [5, 5.41) is 15.3. The van der Waals surface area contributed by atoms with Crippen molar-refractivity contribution in [2.45, 2.75) is 57.3 Å². The van der Waals surface area contributed by atoms with Crippen LogP contribution < -0.4 is 10.6 Å². The number of imidazole rings is 1. The number of anilines is 1. The van der Waals surface area contributed by atoms with E-state index in [0.29, 0.717) is 29.4 Å². The maximum atomic E-state index is 12.4. The molecule has 12 heteroatoms. The first-order chi connectivity index (χ1) is 16.1.